The van der Waals surface area contributed by atoms with Crippen molar-refractivity contribution in [1.82, 2.24) is 0 Å². The van der Waals surface area contributed by atoms with E-state index >= 15 is 0 Å². The summed E-state index contributed by atoms with van der Waals surface area (Å²) in [6.07, 6.45) is 3.94. The highest BCUT2D eigenvalue weighted by Crippen LogP contribution is 2.15. The number of hydrogen-bond donors (Lipinski definition) is 0. The summed E-state index contributed by atoms with van der Waals surface area (Å²) in [4.78, 5) is 0. The molecule has 120 valence electrons. The fourth-order valence-corrected chi connectivity index (χ4v) is 2.49. The normalized spacial score (nSPS) is 14.2. The van der Waals surface area contributed by atoms with Crippen LogP contribution in [0, 0.1) is 6.92 Å². The Balaban J connectivity index is 2.36. The molecule has 0 N–H and O–H groups in total. The zero-order valence-corrected chi connectivity index (χ0v) is 14.9. The van der Waals surface area contributed by atoms with E-state index in [9.17, 15) is 4.21 Å². The molecule has 0 heterocycles. The summed E-state index contributed by atoms with van der Waals surface area (Å²) in [5.74, 6) is 0. The van der Waals surface area contributed by atoms with Crippen molar-refractivity contribution in [2.75, 3.05) is 0 Å². The first-order chi connectivity index (χ1) is 10.9. The van der Waals surface area contributed by atoms with E-state index in [-0.39, 0.29) is 4.75 Å². The molecule has 0 spiro atoms. The van der Waals surface area contributed by atoms with Crippen LogP contribution in [0.4, 0.5) is 0 Å². The van der Waals surface area contributed by atoms with Gasteiger partial charge in [-0.3, -0.25) is 0 Å². The summed E-state index contributed by atoms with van der Waals surface area (Å²) in [5, 5.41) is 0. The van der Waals surface area contributed by atoms with E-state index in [2.05, 4.69) is 35.6 Å². The Hall–Kier alpha value is -2.00. The molecule has 1 atom stereocenters. The quantitative estimate of drug-likeness (QED) is 0.731. The van der Waals surface area contributed by atoms with Crippen LogP contribution in [-0.2, 0) is 11.0 Å². The molecule has 0 radical (unpaired) electrons. The fourth-order valence-electron chi connectivity index (χ4n) is 1.87. The van der Waals surface area contributed by atoms with Gasteiger partial charge in [-0.05, 0) is 39.3 Å². The van der Waals surface area contributed by atoms with Crippen LogP contribution >= 0.6 is 0 Å². The molecule has 0 aromatic heterocycles. The molecule has 0 fully saturated rings. The van der Waals surface area contributed by atoms with Gasteiger partial charge in [0.05, 0.1) is 10.5 Å². The van der Waals surface area contributed by atoms with Crippen molar-refractivity contribution in [3.05, 3.63) is 77.4 Å². The summed E-state index contributed by atoms with van der Waals surface area (Å²) in [6.45, 7) is 7.85. The Kier molecular flexibility index (Phi) is 5.67. The smallest absolute Gasteiger partial charge is 0.145 e. The van der Waals surface area contributed by atoms with E-state index in [4.69, 9.17) is 0 Å². The van der Waals surface area contributed by atoms with Crippen LogP contribution in [0.3, 0.4) is 0 Å². The van der Waals surface area contributed by atoms with Gasteiger partial charge in [0, 0.05) is 5.56 Å². The van der Waals surface area contributed by atoms with Gasteiger partial charge in [0.15, 0.2) is 0 Å². The van der Waals surface area contributed by atoms with Crippen molar-refractivity contribution in [3.63, 3.8) is 0 Å². The Morgan fingerprint density at radius 3 is 2.17 bits per heavy atom. The summed E-state index contributed by atoms with van der Waals surface area (Å²) in [5.41, 5.74) is 4.03. The van der Waals surface area contributed by atoms with Gasteiger partial charge in [-0.1, -0.05) is 66.2 Å². The van der Waals surface area contributed by atoms with Gasteiger partial charge in [-0.2, -0.15) is 4.40 Å². The SMILES string of the molecule is Cc1ccc(/C=C/C(=N/[S@@](=O)C(C)(C)C)c2ccccc2)cc1. The van der Waals surface area contributed by atoms with Gasteiger partial charge in [0.25, 0.3) is 0 Å². The van der Waals surface area contributed by atoms with Gasteiger partial charge in [0.2, 0.25) is 0 Å². The molecular weight excluding hydrogens is 302 g/mol. The van der Waals surface area contributed by atoms with Gasteiger partial charge in [-0.25, -0.2) is 4.21 Å². The minimum atomic E-state index is -1.29. The second-order valence-electron chi connectivity index (χ2n) is 6.45. The first-order valence-electron chi connectivity index (χ1n) is 7.67. The van der Waals surface area contributed by atoms with Crippen LogP contribution in [0.5, 0.6) is 0 Å². The third kappa shape index (κ3) is 5.29. The number of aryl methyl sites for hydroxylation is 1. The molecule has 0 amide bonds. The van der Waals surface area contributed by atoms with Crippen LogP contribution < -0.4 is 0 Å². The van der Waals surface area contributed by atoms with Crippen LogP contribution in [-0.4, -0.2) is 14.7 Å². The fraction of sp³-hybridized carbons (Fsp3) is 0.250. The predicted octanol–water partition coefficient (Wildman–Crippen LogP) is 4.96. The maximum absolute atomic E-state index is 12.4. The summed E-state index contributed by atoms with van der Waals surface area (Å²) in [7, 11) is -1.29. The average Bonchev–Trinajstić information content (AvgIpc) is 2.52. The minimum Gasteiger partial charge on any atom is -0.234 e. The highest BCUT2D eigenvalue weighted by molar-refractivity contribution is 7.85. The van der Waals surface area contributed by atoms with E-state index < -0.39 is 11.0 Å². The standard InChI is InChI=1S/C20H23NOS/c1-16-10-12-17(13-11-16)14-15-19(18-8-6-5-7-9-18)21-23(22)20(2,3)4/h5-15H,1-4H3/b15-14+,21-19-/t23-/m0/s1. The second-order valence-corrected chi connectivity index (χ2v) is 8.35. The van der Waals surface area contributed by atoms with Crippen LogP contribution in [0.25, 0.3) is 6.08 Å². The monoisotopic (exact) mass is 325 g/mol. The lowest BCUT2D eigenvalue weighted by Gasteiger charge is -2.14. The highest BCUT2D eigenvalue weighted by Gasteiger charge is 2.19. The molecule has 2 aromatic rings. The summed E-state index contributed by atoms with van der Waals surface area (Å²) >= 11 is 0. The zero-order chi connectivity index (χ0) is 16.9. The molecule has 0 aliphatic carbocycles. The highest BCUT2D eigenvalue weighted by atomic mass is 32.2. The number of rotatable bonds is 4. The third-order valence-corrected chi connectivity index (χ3v) is 4.70. The maximum Gasteiger partial charge on any atom is 0.145 e. The van der Waals surface area contributed by atoms with Crippen molar-refractivity contribution >= 4 is 22.8 Å². The topological polar surface area (TPSA) is 29.4 Å². The largest absolute Gasteiger partial charge is 0.234 e. The Morgan fingerprint density at radius 1 is 1.00 bits per heavy atom. The molecule has 2 nitrogen and oxygen atoms in total. The van der Waals surface area contributed by atoms with Crippen LogP contribution in [0.15, 0.2) is 65.1 Å². The molecule has 0 bridgehead atoms. The Labute approximate surface area is 141 Å². The van der Waals surface area contributed by atoms with Crippen LogP contribution in [0.2, 0.25) is 0 Å². The van der Waals surface area contributed by atoms with Crippen molar-refractivity contribution in [1.29, 1.82) is 0 Å². The van der Waals surface area contributed by atoms with Crippen molar-refractivity contribution in [3.8, 4) is 0 Å². The molecule has 3 heteroatoms. The van der Waals surface area contributed by atoms with E-state index in [0.29, 0.717) is 0 Å². The van der Waals surface area contributed by atoms with Crippen molar-refractivity contribution < 1.29 is 4.21 Å². The maximum atomic E-state index is 12.4. The first kappa shape index (κ1) is 17.4. The molecule has 0 aliphatic rings. The van der Waals surface area contributed by atoms with Gasteiger partial charge < -0.3 is 0 Å². The first-order valence-corrected chi connectivity index (χ1v) is 8.78. The molecule has 2 rings (SSSR count). The molecule has 0 aliphatic heterocycles. The summed E-state index contributed by atoms with van der Waals surface area (Å²) in [6, 6.07) is 18.1. The number of nitrogens with zero attached hydrogens (tertiary/aromatic N) is 1. The lowest BCUT2D eigenvalue weighted by atomic mass is 10.1. The summed E-state index contributed by atoms with van der Waals surface area (Å²) < 4.78 is 16.5. The number of hydrogen-bond acceptors (Lipinski definition) is 1. The predicted molar refractivity (Wildman–Crippen MR) is 101 cm³/mol. The van der Waals surface area contributed by atoms with Gasteiger partial charge in [-0.15, -0.1) is 0 Å². The molecule has 0 unspecified atom stereocenters. The molecule has 2 aromatic carbocycles. The van der Waals surface area contributed by atoms with Gasteiger partial charge >= 0.3 is 0 Å². The van der Waals surface area contributed by atoms with Crippen molar-refractivity contribution in [2.45, 2.75) is 32.4 Å². The third-order valence-electron chi connectivity index (χ3n) is 3.29. The Bertz CT molecular complexity index is 722. The lowest BCUT2D eigenvalue weighted by molar-refractivity contribution is 0.650. The second kappa shape index (κ2) is 7.51. The van der Waals surface area contributed by atoms with Crippen molar-refractivity contribution in [2.24, 2.45) is 4.40 Å². The lowest BCUT2D eigenvalue weighted by Crippen LogP contribution is -2.20. The van der Waals surface area contributed by atoms with E-state index in [1.807, 2.05) is 63.3 Å². The number of benzene rings is 2. The molecule has 23 heavy (non-hydrogen) atoms. The van der Waals surface area contributed by atoms with E-state index in [0.717, 1.165) is 16.8 Å². The minimum absolute atomic E-state index is 0.377. The number of allylic oxidation sites excluding steroid dienone is 1. The average molecular weight is 325 g/mol. The van der Waals surface area contributed by atoms with Gasteiger partial charge in [0.1, 0.15) is 11.0 Å². The van der Waals surface area contributed by atoms with E-state index in [1.165, 1.54) is 5.56 Å². The zero-order valence-electron chi connectivity index (χ0n) is 14.1. The van der Waals surface area contributed by atoms with E-state index in [1.54, 1.807) is 0 Å². The molecule has 0 saturated carbocycles. The molecule has 0 saturated heterocycles. The molecular formula is C20H23NOS. The Morgan fingerprint density at radius 2 is 1.61 bits per heavy atom. The van der Waals surface area contributed by atoms with Crippen LogP contribution in [0.1, 0.15) is 37.5 Å².